The molecular formula is C17H23N5O. The summed E-state index contributed by atoms with van der Waals surface area (Å²) >= 11 is 0. The summed E-state index contributed by atoms with van der Waals surface area (Å²) < 4.78 is 0. The van der Waals surface area contributed by atoms with Crippen LogP contribution in [0.25, 0.3) is 0 Å². The molecule has 6 heteroatoms. The van der Waals surface area contributed by atoms with Crippen molar-refractivity contribution in [2.75, 3.05) is 18.4 Å². The second kappa shape index (κ2) is 7.39. The lowest BCUT2D eigenvalue weighted by Crippen LogP contribution is -2.37. The molecule has 3 rings (SSSR count). The standard InChI is InChI=1S/C17H23N5O/c18-16(9-15-10-19-12-20-15)17(23)21-14-5-3-4-13(8-14)11-22-6-1-2-7-22/h3-5,8,10,12,16H,1-2,6-7,9,11,18H2,(H,19,20)(H,21,23)/t16-/m0/s1. The van der Waals surface area contributed by atoms with E-state index in [1.165, 1.54) is 18.4 Å². The number of nitrogens with one attached hydrogen (secondary N) is 2. The first kappa shape index (κ1) is 15.7. The number of hydrogen-bond acceptors (Lipinski definition) is 4. The molecule has 6 nitrogen and oxygen atoms in total. The van der Waals surface area contributed by atoms with E-state index in [1.807, 2.05) is 18.2 Å². The average Bonchev–Trinajstić information content (AvgIpc) is 3.21. The number of hydrogen-bond donors (Lipinski definition) is 3. The number of anilines is 1. The number of nitrogens with zero attached hydrogens (tertiary/aromatic N) is 2. The molecule has 0 saturated carbocycles. The molecule has 1 saturated heterocycles. The molecule has 1 atom stereocenters. The van der Waals surface area contributed by atoms with E-state index in [1.54, 1.807) is 12.5 Å². The highest BCUT2D eigenvalue weighted by atomic mass is 16.2. The maximum atomic E-state index is 12.2. The minimum absolute atomic E-state index is 0.182. The third-order valence-electron chi connectivity index (χ3n) is 4.13. The monoisotopic (exact) mass is 313 g/mol. The van der Waals surface area contributed by atoms with Gasteiger partial charge in [0.2, 0.25) is 5.91 Å². The smallest absolute Gasteiger partial charge is 0.241 e. The zero-order valence-electron chi connectivity index (χ0n) is 13.2. The van der Waals surface area contributed by atoms with Crippen molar-refractivity contribution in [3.8, 4) is 0 Å². The zero-order chi connectivity index (χ0) is 16.1. The van der Waals surface area contributed by atoms with Crippen LogP contribution in [0, 0.1) is 0 Å². The van der Waals surface area contributed by atoms with E-state index in [0.29, 0.717) is 6.42 Å². The molecule has 2 aromatic rings. The molecule has 0 unspecified atom stereocenters. The Morgan fingerprint density at radius 3 is 2.96 bits per heavy atom. The van der Waals surface area contributed by atoms with Crippen molar-refractivity contribution in [3.05, 3.63) is 48.0 Å². The highest BCUT2D eigenvalue weighted by Crippen LogP contribution is 2.16. The predicted octanol–water partition coefficient (Wildman–Crippen LogP) is 1.51. The number of aromatic nitrogens is 2. The largest absolute Gasteiger partial charge is 0.348 e. The van der Waals surface area contributed by atoms with Gasteiger partial charge in [-0.2, -0.15) is 0 Å². The van der Waals surface area contributed by atoms with Crippen molar-refractivity contribution in [1.82, 2.24) is 14.9 Å². The second-order valence-corrected chi connectivity index (χ2v) is 6.06. The van der Waals surface area contributed by atoms with Gasteiger partial charge in [-0.1, -0.05) is 12.1 Å². The first-order valence-electron chi connectivity index (χ1n) is 8.06. The Labute approximate surface area is 136 Å². The Morgan fingerprint density at radius 2 is 2.22 bits per heavy atom. The van der Waals surface area contributed by atoms with Crippen LogP contribution in [0.1, 0.15) is 24.1 Å². The Balaban J connectivity index is 1.57. The Kier molecular flexibility index (Phi) is 5.05. The normalized spacial score (nSPS) is 16.4. The summed E-state index contributed by atoms with van der Waals surface area (Å²) in [6.07, 6.45) is 6.27. The number of aromatic amines is 1. The SMILES string of the molecule is N[C@@H](Cc1cnc[nH]1)C(=O)Nc1cccc(CN2CCCC2)c1. The fraction of sp³-hybridized carbons (Fsp3) is 0.412. The summed E-state index contributed by atoms with van der Waals surface area (Å²) in [4.78, 5) is 21.5. The summed E-state index contributed by atoms with van der Waals surface area (Å²) in [7, 11) is 0. The fourth-order valence-electron chi connectivity index (χ4n) is 2.91. The third-order valence-corrected chi connectivity index (χ3v) is 4.13. The van der Waals surface area contributed by atoms with E-state index in [-0.39, 0.29) is 5.91 Å². The lowest BCUT2D eigenvalue weighted by atomic mass is 10.1. The third kappa shape index (κ3) is 4.40. The molecular weight excluding hydrogens is 290 g/mol. The molecule has 4 N–H and O–H groups in total. The molecule has 0 spiro atoms. The average molecular weight is 313 g/mol. The molecule has 1 fully saturated rings. The summed E-state index contributed by atoms with van der Waals surface area (Å²) in [6.45, 7) is 3.25. The van der Waals surface area contributed by atoms with Crippen LogP contribution in [0.3, 0.4) is 0 Å². The maximum Gasteiger partial charge on any atom is 0.241 e. The minimum Gasteiger partial charge on any atom is -0.348 e. The number of H-pyrrole nitrogens is 1. The molecule has 1 aromatic heterocycles. The van der Waals surface area contributed by atoms with Crippen LogP contribution < -0.4 is 11.1 Å². The number of rotatable bonds is 6. The van der Waals surface area contributed by atoms with E-state index in [2.05, 4.69) is 26.3 Å². The molecule has 2 heterocycles. The Morgan fingerprint density at radius 1 is 1.39 bits per heavy atom. The number of imidazole rings is 1. The quantitative estimate of drug-likeness (QED) is 0.754. The van der Waals surface area contributed by atoms with Gasteiger partial charge >= 0.3 is 0 Å². The number of likely N-dealkylation sites (tertiary alicyclic amines) is 1. The van der Waals surface area contributed by atoms with Gasteiger partial charge in [-0.05, 0) is 43.6 Å². The van der Waals surface area contributed by atoms with Crippen LogP contribution in [0.4, 0.5) is 5.69 Å². The van der Waals surface area contributed by atoms with Gasteiger partial charge in [0.1, 0.15) is 0 Å². The van der Waals surface area contributed by atoms with Crippen LogP contribution in [0.2, 0.25) is 0 Å². The summed E-state index contributed by atoms with van der Waals surface area (Å²) in [5.41, 5.74) is 8.83. The molecule has 1 aromatic carbocycles. The first-order chi connectivity index (χ1) is 11.2. The van der Waals surface area contributed by atoms with Gasteiger partial charge in [-0.15, -0.1) is 0 Å². The second-order valence-electron chi connectivity index (χ2n) is 6.06. The Bertz CT molecular complexity index is 634. The highest BCUT2D eigenvalue weighted by Gasteiger charge is 2.16. The van der Waals surface area contributed by atoms with Gasteiger partial charge in [0.05, 0.1) is 12.4 Å². The van der Waals surface area contributed by atoms with Gasteiger partial charge in [-0.25, -0.2) is 4.98 Å². The molecule has 1 aliphatic heterocycles. The van der Waals surface area contributed by atoms with Crippen LogP contribution in [-0.2, 0) is 17.8 Å². The topological polar surface area (TPSA) is 87.0 Å². The fourth-order valence-corrected chi connectivity index (χ4v) is 2.91. The van der Waals surface area contributed by atoms with E-state index in [9.17, 15) is 4.79 Å². The minimum atomic E-state index is -0.599. The van der Waals surface area contributed by atoms with Crippen molar-refractivity contribution in [3.63, 3.8) is 0 Å². The zero-order valence-corrected chi connectivity index (χ0v) is 13.2. The van der Waals surface area contributed by atoms with Crippen molar-refractivity contribution in [2.45, 2.75) is 31.8 Å². The number of nitrogens with two attached hydrogens (primary N) is 1. The molecule has 0 radical (unpaired) electrons. The van der Waals surface area contributed by atoms with E-state index < -0.39 is 6.04 Å². The van der Waals surface area contributed by atoms with Crippen LogP contribution in [0.5, 0.6) is 0 Å². The molecule has 122 valence electrons. The van der Waals surface area contributed by atoms with Gasteiger partial charge in [-0.3, -0.25) is 9.69 Å². The molecule has 1 amide bonds. The van der Waals surface area contributed by atoms with Crippen LogP contribution in [0.15, 0.2) is 36.8 Å². The van der Waals surface area contributed by atoms with Gasteiger partial charge in [0.15, 0.2) is 0 Å². The van der Waals surface area contributed by atoms with Crippen molar-refractivity contribution >= 4 is 11.6 Å². The van der Waals surface area contributed by atoms with Crippen molar-refractivity contribution < 1.29 is 4.79 Å². The molecule has 23 heavy (non-hydrogen) atoms. The van der Waals surface area contributed by atoms with Gasteiger partial charge in [0.25, 0.3) is 0 Å². The van der Waals surface area contributed by atoms with Gasteiger partial charge in [0, 0.05) is 30.5 Å². The van der Waals surface area contributed by atoms with E-state index >= 15 is 0 Å². The lowest BCUT2D eigenvalue weighted by Gasteiger charge is -2.16. The number of carbonyl (C=O) groups excluding carboxylic acids is 1. The van der Waals surface area contributed by atoms with Crippen LogP contribution in [-0.4, -0.2) is 39.9 Å². The van der Waals surface area contributed by atoms with Crippen molar-refractivity contribution in [2.24, 2.45) is 5.73 Å². The first-order valence-corrected chi connectivity index (χ1v) is 8.06. The number of benzene rings is 1. The molecule has 0 aliphatic carbocycles. The summed E-state index contributed by atoms with van der Waals surface area (Å²) in [5.74, 6) is -0.182. The van der Waals surface area contributed by atoms with E-state index in [0.717, 1.165) is 31.0 Å². The van der Waals surface area contributed by atoms with Crippen molar-refractivity contribution in [1.29, 1.82) is 0 Å². The Hall–Kier alpha value is -2.18. The lowest BCUT2D eigenvalue weighted by molar-refractivity contribution is -0.117. The molecule has 1 aliphatic rings. The predicted molar refractivity (Wildman–Crippen MR) is 89.8 cm³/mol. The number of carbonyl (C=O) groups is 1. The highest BCUT2D eigenvalue weighted by molar-refractivity contribution is 5.94. The maximum absolute atomic E-state index is 12.2. The number of amides is 1. The van der Waals surface area contributed by atoms with Crippen LogP contribution >= 0.6 is 0 Å². The molecule has 0 bridgehead atoms. The van der Waals surface area contributed by atoms with Gasteiger partial charge < -0.3 is 16.0 Å². The summed E-state index contributed by atoms with van der Waals surface area (Å²) in [5, 5.41) is 2.90. The van der Waals surface area contributed by atoms with E-state index in [4.69, 9.17) is 5.73 Å². The summed E-state index contributed by atoms with van der Waals surface area (Å²) in [6, 6.07) is 7.39.